The Morgan fingerprint density at radius 1 is 1.58 bits per heavy atom. The van der Waals surface area contributed by atoms with Crippen LogP contribution in [0.1, 0.15) is 5.56 Å². The summed E-state index contributed by atoms with van der Waals surface area (Å²) in [5.41, 5.74) is 1.02. The van der Waals surface area contributed by atoms with Gasteiger partial charge in [-0.25, -0.2) is 9.78 Å². The average Bonchev–Trinajstić information content (AvgIpc) is 2.25. The van der Waals surface area contributed by atoms with Crippen LogP contribution in [0.3, 0.4) is 0 Å². The van der Waals surface area contributed by atoms with Gasteiger partial charge in [0.25, 0.3) is 0 Å². The third-order valence-corrected chi connectivity index (χ3v) is 1.72. The number of ether oxygens (including phenoxy) is 1. The Labute approximate surface area is 69.6 Å². The molecule has 0 aromatic carbocycles. The number of amides is 1. The molecule has 1 N–H and O–H groups in total. The van der Waals surface area contributed by atoms with Crippen LogP contribution in [0.15, 0.2) is 18.3 Å². The first-order chi connectivity index (χ1) is 5.86. The van der Waals surface area contributed by atoms with Crippen molar-refractivity contribution >= 4 is 11.9 Å². The average molecular weight is 164 g/mol. The van der Waals surface area contributed by atoms with Gasteiger partial charge in [0.2, 0.25) is 0 Å². The lowest BCUT2D eigenvalue weighted by atomic mass is 10.2. The fourth-order valence-corrected chi connectivity index (χ4v) is 1.14. The van der Waals surface area contributed by atoms with E-state index in [0.717, 1.165) is 12.0 Å². The highest BCUT2D eigenvalue weighted by Crippen LogP contribution is 2.14. The van der Waals surface area contributed by atoms with E-state index in [0.29, 0.717) is 12.4 Å². The number of carbonyl (C=O) groups is 1. The van der Waals surface area contributed by atoms with E-state index < -0.39 is 6.09 Å². The van der Waals surface area contributed by atoms with E-state index in [9.17, 15) is 4.79 Å². The summed E-state index contributed by atoms with van der Waals surface area (Å²) < 4.78 is 4.80. The number of aromatic nitrogens is 1. The molecule has 12 heavy (non-hydrogen) atoms. The molecule has 4 heteroatoms. The van der Waals surface area contributed by atoms with Gasteiger partial charge in [0.15, 0.2) is 0 Å². The SMILES string of the molecule is O=C1Nc2ncccc2CCO1. The smallest absolute Gasteiger partial charge is 0.412 e. The Balaban J connectivity index is 2.37. The molecule has 0 bridgehead atoms. The maximum absolute atomic E-state index is 10.9. The Morgan fingerprint density at radius 2 is 2.50 bits per heavy atom. The van der Waals surface area contributed by atoms with Gasteiger partial charge in [0, 0.05) is 12.6 Å². The van der Waals surface area contributed by atoms with Gasteiger partial charge in [-0.05, 0) is 11.6 Å². The maximum Gasteiger partial charge on any atom is 0.412 e. The molecule has 0 saturated heterocycles. The van der Waals surface area contributed by atoms with E-state index in [1.165, 1.54) is 0 Å². The summed E-state index contributed by atoms with van der Waals surface area (Å²) in [6, 6.07) is 3.77. The predicted octanol–water partition coefficient (Wildman–Crippen LogP) is 1.19. The zero-order valence-corrected chi connectivity index (χ0v) is 6.41. The van der Waals surface area contributed by atoms with Crippen molar-refractivity contribution in [1.82, 2.24) is 4.98 Å². The number of nitrogens with one attached hydrogen (secondary N) is 1. The highest BCUT2D eigenvalue weighted by atomic mass is 16.5. The summed E-state index contributed by atoms with van der Waals surface area (Å²) >= 11 is 0. The molecule has 1 amide bonds. The predicted molar refractivity (Wildman–Crippen MR) is 42.9 cm³/mol. The van der Waals surface area contributed by atoms with Crippen LogP contribution in [0.25, 0.3) is 0 Å². The van der Waals surface area contributed by atoms with Crippen molar-refractivity contribution in [3.05, 3.63) is 23.9 Å². The van der Waals surface area contributed by atoms with E-state index in [-0.39, 0.29) is 0 Å². The third-order valence-electron chi connectivity index (χ3n) is 1.72. The van der Waals surface area contributed by atoms with E-state index in [2.05, 4.69) is 10.3 Å². The first-order valence-corrected chi connectivity index (χ1v) is 3.74. The first kappa shape index (κ1) is 7.09. The topological polar surface area (TPSA) is 51.2 Å². The number of hydrogen-bond acceptors (Lipinski definition) is 3. The molecule has 4 nitrogen and oxygen atoms in total. The van der Waals surface area contributed by atoms with Gasteiger partial charge in [-0.15, -0.1) is 0 Å². The van der Waals surface area contributed by atoms with Crippen LogP contribution in [0.4, 0.5) is 10.6 Å². The number of cyclic esters (lactones) is 1. The normalized spacial score (nSPS) is 15.5. The van der Waals surface area contributed by atoms with Gasteiger partial charge in [0.05, 0.1) is 6.61 Å². The van der Waals surface area contributed by atoms with Crippen LogP contribution < -0.4 is 5.32 Å². The minimum Gasteiger partial charge on any atom is -0.449 e. The summed E-state index contributed by atoms with van der Waals surface area (Å²) in [7, 11) is 0. The summed E-state index contributed by atoms with van der Waals surface area (Å²) in [4.78, 5) is 14.9. The second-order valence-corrected chi connectivity index (χ2v) is 2.52. The lowest BCUT2D eigenvalue weighted by Gasteiger charge is -2.00. The van der Waals surface area contributed by atoms with Gasteiger partial charge in [0.1, 0.15) is 5.82 Å². The molecule has 62 valence electrons. The highest BCUT2D eigenvalue weighted by molar-refractivity contribution is 5.84. The molecule has 2 heterocycles. The van der Waals surface area contributed by atoms with Gasteiger partial charge in [-0.2, -0.15) is 0 Å². The Morgan fingerprint density at radius 3 is 3.42 bits per heavy atom. The van der Waals surface area contributed by atoms with E-state index in [1.54, 1.807) is 6.20 Å². The van der Waals surface area contributed by atoms with Crippen LogP contribution in [0.2, 0.25) is 0 Å². The summed E-state index contributed by atoms with van der Waals surface area (Å²) in [5.74, 6) is 0.611. The Kier molecular flexibility index (Phi) is 1.66. The number of fused-ring (bicyclic) bond motifs is 1. The molecule has 0 aliphatic carbocycles. The maximum atomic E-state index is 10.9. The molecular formula is C8H8N2O2. The Hall–Kier alpha value is -1.58. The van der Waals surface area contributed by atoms with Crippen LogP contribution >= 0.6 is 0 Å². The fraction of sp³-hybridized carbons (Fsp3) is 0.250. The minimum atomic E-state index is -0.424. The summed E-state index contributed by atoms with van der Waals surface area (Å²) in [5, 5.41) is 2.55. The van der Waals surface area contributed by atoms with E-state index >= 15 is 0 Å². The first-order valence-electron chi connectivity index (χ1n) is 3.74. The zero-order valence-electron chi connectivity index (χ0n) is 6.41. The number of pyridine rings is 1. The number of rotatable bonds is 0. The summed E-state index contributed by atoms with van der Waals surface area (Å²) in [6.07, 6.45) is 1.94. The van der Waals surface area contributed by atoms with Crippen molar-refractivity contribution in [2.45, 2.75) is 6.42 Å². The van der Waals surface area contributed by atoms with Crippen molar-refractivity contribution in [2.75, 3.05) is 11.9 Å². The van der Waals surface area contributed by atoms with Crippen molar-refractivity contribution in [1.29, 1.82) is 0 Å². The lowest BCUT2D eigenvalue weighted by Crippen LogP contribution is -2.12. The lowest BCUT2D eigenvalue weighted by molar-refractivity contribution is 0.165. The van der Waals surface area contributed by atoms with Crippen LogP contribution in [0.5, 0.6) is 0 Å². The zero-order chi connectivity index (χ0) is 8.39. The molecule has 0 radical (unpaired) electrons. The molecular weight excluding hydrogens is 156 g/mol. The number of carbonyl (C=O) groups excluding carboxylic acids is 1. The number of anilines is 1. The second kappa shape index (κ2) is 2.81. The standard InChI is InChI=1S/C8H8N2O2/c11-8-10-7-6(3-5-12-8)2-1-4-9-7/h1-2,4H,3,5H2,(H,9,10,11). The van der Waals surface area contributed by atoms with E-state index in [4.69, 9.17) is 4.74 Å². The molecule has 1 aliphatic heterocycles. The minimum absolute atomic E-state index is 0.421. The molecule has 1 aromatic heterocycles. The van der Waals surface area contributed by atoms with Crippen molar-refractivity contribution < 1.29 is 9.53 Å². The molecule has 0 fully saturated rings. The van der Waals surface area contributed by atoms with Crippen molar-refractivity contribution in [3.8, 4) is 0 Å². The van der Waals surface area contributed by atoms with Gasteiger partial charge < -0.3 is 4.74 Å². The van der Waals surface area contributed by atoms with Gasteiger partial charge >= 0.3 is 6.09 Å². The van der Waals surface area contributed by atoms with Crippen molar-refractivity contribution in [2.24, 2.45) is 0 Å². The molecule has 1 aliphatic rings. The van der Waals surface area contributed by atoms with Gasteiger partial charge in [-0.1, -0.05) is 6.07 Å². The number of hydrogen-bond donors (Lipinski definition) is 1. The van der Waals surface area contributed by atoms with Gasteiger partial charge in [-0.3, -0.25) is 5.32 Å². The van der Waals surface area contributed by atoms with Crippen LogP contribution in [0, 0.1) is 0 Å². The molecule has 0 atom stereocenters. The van der Waals surface area contributed by atoms with E-state index in [1.807, 2.05) is 12.1 Å². The number of nitrogens with zero attached hydrogens (tertiary/aromatic N) is 1. The molecule has 0 spiro atoms. The van der Waals surface area contributed by atoms with Crippen LogP contribution in [-0.2, 0) is 11.2 Å². The monoisotopic (exact) mass is 164 g/mol. The van der Waals surface area contributed by atoms with Crippen LogP contribution in [-0.4, -0.2) is 17.7 Å². The summed E-state index contributed by atoms with van der Waals surface area (Å²) in [6.45, 7) is 0.421. The molecule has 1 aromatic rings. The fourth-order valence-electron chi connectivity index (χ4n) is 1.14. The Bertz CT molecular complexity index is 312. The molecule has 2 rings (SSSR count). The largest absolute Gasteiger partial charge is 0.449 e. The van der Waals surface area contributed by atoms with Crippen molar-refractivity contribution in [3.63, 3.8) is 0 Å². The quantitative estimate of drug-likeness (QED) is 0.626. The molecule has 0 saturated carbocycles. The third kappa shape index (κ3) is 1.23. The highest BCUT2D eigenvalue weighted by Gasteiger charge is 2.12. The second-order valence-electron chi connectivity index (χ2n) is 2.52. The molecule has 0 unspecified atom stereocenters.